The van der Waals surface area contributed by atoms with Crippen LogP contribution < -0.4 is 0 Å². The Morgan fingerprint density at radius 1 is 1.25 bits per heavy atom. The largest absolute Gasteiger partial charge is 0.408 e. The number of hydrogen-bond donors (Lipinski definition) is 0. The van der Waals surface area contributed by atoms with Crippen molar-refractivity contribution in [2.45, 2.75) is 38.3 Å². The Hall–Kier alpha value is -2.00. The van der Waals surface area contributed by atoms with Crippen LogP contribution in [0.2, 0.25) is 0 Å². The van der Waals surface area contributed by atoms with E-state index in [1.165, 1.54) is 0 Å². The van der Waals surface area contributed by atoms with Gasteiger partial charge in [0.2, 0.25) is 0 Å². The quantitative estimate of drug-likeness (QED) is 0.853. The van der Waals surface area contributed by atoms with Gasteiger partial charge in [-0.05, 0) is 22.9 Å². The molecule has 6 nitrogen and oxygen atoms in total. The number of tetrazole rings is 1. The van der Waals surface area contributed by atoms with Crippen LogP contribution in [0.3, 0.4) is 0 Å². The van der Waals surface area contributed by atoms with Crippen LogP contribution in [-0.2, 0) is 17.8 Å². The lowest BCUT2D eigenvalue weighted by molar-refractivity contribution is -0.143. The molecule has 0 aliphatic carbocycles. The van der Waals surface area contributed by atoms with Gasteiger partial charge in [-0.2, -0.15) is 13.2 Å². The number of ether oxygens (including phenoxy) is 1. The summed E-state index contributed by atoms with van der Waals surface area (Å²) in [5.41, 5.74) is 1.05. The summed E-state index contributed by atoms with van der Waals surface area (Å²) < 4.78 is 44.4. The van der Waals surface area contributed by atoms with Crippen molar-refractivity contribution in [2.24, 2.45) is 0 Å². The molecule has 1 aromatic carbocycles. The Kier molecular flexibility index (Phi) is 4.81. The van der Waals surface area contributed by atoms with E-state index in [1.54, 1.807) is 0 Å². The summed E-state index contributed by atoms with van der Waals surface area (Å²) in [4.78, 5) is 2.06. The highest BCUT2D eigenvalue weighted by molar-refractivity contribution is 5.19. The molecule has 1 aromatic heterocycles. The van der Waals surface area contributed by atoms with Crippen LogP contribution in [0, 0.1) is 0 Å². The summed E-state index contributed by atoms with van der Waals surface area (Å²) in [6, 6.07) is 9.70. The zero-order valence-corrected chi connectivity index (χ0v) is 13.1. The summed E-state index contributed by atoms with van der Waals surface area (Å²) in [7, 11) is 0. The lowest BCUT2D eigenvalue weighted by atomic mass is 10.0. The van der Waals surface area contributed by atoms with E-state index in [1.807, 2.05) is 37.3 Å². The topological polar surface area (TPSA) is 56.1 Å². The third-order valence-electron chi connectivity index (χ3n) is 3.93. The second kappa shape index (κ2) is 6.86. The van der Waals surface area contributed by atoms with Gasteiger partial charge in [0.15, 0.2) is 5.82 Å². The molecule has 24 heavy (non-hydrogen) atoms. The van der Waals surface area contributed by atoms with E-state index in [2.05, 4.69) is 20.4 Å². The van der Waals surface area contributed by atoms with Gasteiger partial charge < -0.3 is 4.74 Å². The van der Waals surface area contributed by atoms with Gasteiger partial charge in [-0.3, -0.25) is 4.90 Å². The summed E-state index contributed by atoms with van der Waals surface area (Å²) in [5, 5.41) is 10.6. The molecule has 0 unspecified atom stereocenters. The number of aromatic nitrogens is 4. The van der Waals surface area contributed by atoms with Crippen molar-refractivity contribution < 1.29 is 17.9 Å². The Morgan fingerprint density at radius 3 is 2.71 bits per heavy atom. The molecule has 0 amide bonds. The molecule has 0 radical (unpaired) electrons. The Bertz CT molecular complexity index is 661. The number of hydrogen-bond acceptors (Lipinski definition) is 5. The molecule has 130 valence electrons. The molecule has 9 heteroatoms. The molecule has 1 fully saturated rings. The first-order valence-corrected chi connectivity index (χ1v) is 7.65. The molecule has 0 spiro atoms. The average Bonchev–Trinajstić information content (AvgIpc) is 2.93. The van der Waals surface area contributed by atoms with Crippen LogP contribution in [0.15, 0.2) is 30.3 Å². The molecule has 0 saturated carbocycles. The van der Waals surface area contributed by atoms with Gasteiger partial charge in [0.1, 0.15) is 6.54 Å². The molecule has 3 rings (SSSR count). The van der Waals surface area contributed by atoms with Gasteiger partial charge in [-0.15, -0.1) is 5.10 Å². The summed E-state index contributed by atoms with van der Waals surface area (Å²) >= 11 is 0. The molecule has 0 bridgehead atoms. The number of halogens is 3. The monoisotopic (exact) mass is 341 g/mol. The van der Waals surface area contributed by atoms with E-state index >= 15 is 0 Å². The summed E-state index contributed by atoms with van der Waals surface area (Å²) in [6.07, 6.45) is -4.36. The van der Waals surface area contributed by atoms with Crippen LogP contribution in [-0.4, -0.2) is 50.5 Å². The SMILES string of the molecule is C[C@@H]1CN(Cc2nnnn2CC(F)(F)F)[C@H](c2ccccc2)CO1. The Labute approximate surface area is 137 Å². The smallest absolute Gasteiger partial charge is 0.375 e. The third-order valence-corrected chi connectivity index (χ3v) is 3.93. The van der Waals surface area contributed by atoms with Gasteiger partial charge in [-0.25, -0.2) is 4.68 Å². The van der Waals surface area contributed by atoms with Crippen LogP contribution in [0.1, 0.15) is 24.4 Å². The van der Waals surface area contributed by atoms with Crippen LogP contribution in [0.5, 0.6) is 0 Å². The average molecular weight is 341 g/mol. The van der Waals surface area contributed by atoms with Crippen LogP contribution in [0.4, 0.5) is 13.2 Å². The summed E-state index contributed by atoms with van der Waals surface area (Å²) in [6.45, 7) is 2.05. The molecule has 2 aromatic rings. The van der Waals surface area contributed by atoms with E-state index in [9.17, 15) is 13.2 Å². The second-order valence-electron chi connectivity index (χ2n) is 5.87. The molecule has 1 saturated heterocycles. The van der Waals surface area contributed by atoms with Crippen LogP contribution >= 0.6 is 0 Å². The number of alkyl halides is 3. The van der Waals surface area contributed by atoms with Crippen molar-refractivity contribution in [1.82, 2.24) is 25.1 Å². The van der Waals surface area contributed by atoms with Crippen molar-refractivity contribution in [1.29, 1.82) is 0 Å². The predicted octanol–water partition coefficient (Wildman–Crippen LogP) is 2.20. The minimum Gasteiger partial charge on any atom is -0.375 e. The highest BCUT2D eigenvalue weighted by Crippen LogP contribution is 2.27. The van der Waals surface area contributed by atoms with Gasteiger partial charge in [0.25, 0.3) is 0 Å². The van der Waals surface area contributed by atoms with Crippen molar-refractivity contribution >= 4 is 0 Å². The zero-order valence-electron chi connectivity index (χ0n) is 13.1. The molecule has 0 N–H and O–H groups in total. The molecule has 2 heterocycles. The fraction of sp³-hybridized carbons (Fsp3) is 0.533. The first-order valence-electron chi connectivity index (χ1n) is 7.65. The lowest BCUT2D eigenvalue weighted by Gasteiger charge is -2.38. The van der Waals surface area contributed by atoms with Gasteiger partial charge in [-0.1, -0.05) is 30.3 Å². The van der Waals surface area contributed by atoms with E-state index in [0.29, 0.717) is 13.2 Å². The Morgan fingerprint density at radius 2 is 2.00 bits per heavy atom. The van der Waals surface area contributed by atoms with Gasteiger partial charge >= 0.3 is 6.18 Å². The normalized spacial score (nSPS) is 22.7. The fourth-order valence-electron chi connectivity index (χ4n) is 2.84. The molecule has 1 aliphatic rings. The minimum absolute atomic E-state index is 0.00286. The highest BCUT2D eigenvalue weighted by Gasteiger charge is 2.33. The van der Waals surface area contributed by atoms with E-state index in [4.69, 9.17) is 4.74 Å². The van der Waals surface area contributed by atoms with Gasteiger partial charge in [0, 0.05) is 6.54 Å². The number of morpholine rings is 1. The predicted molar refractivity (Wildman–Crippen MR) is 78.9 cm³/mol. The molecule has 2 atom stereocenters. The van der Waals surface area contributed by atoms with Crippen molar-refractivity contribution in [3.05, 3.63) is 41.7 Å². The van der Waals surface area contributed by atoms with E-state index in [0.717, 1.165) is 10.2 Å². The van der Waals surface area contributed by atoms with Crippen LogP contribution in [0.25, 0.3) is 0 Å². The second-order valence-corrected chi connectivity index (χ2v) is 5.87. The van der Waals surface area contributed by atoms with Crippen molar-refractivity contribution in [3.63, 3.8) is 0 Å². The third kappa shape index (κ3) is 4.09. The maximum atomic E-state index is 12.6. The summed E-state index contributed by atoms with van der Waals surface area (Å²) in [5.74, 6) is 0.197. The zero-order chi connectivity index (χ0) is 17.2. The first kappa shape index (κ1) is 16.8. The molecular weight excluding hydrogens is 323 g/mol. The van der Waals surface area contributed by atoms with E-state index in [-0.39, 0.29) is 24.5 Å². The fourth-order valence-corrected chi connectivity index (χ4v) is 2.84. The maximum absolute atomic E-state index is 12.6. The maximum Gasteiger partial charge on any atom is 0.408 e. The highest BCUT2D eigenvalue weighted by atomic mass is 19.4. The minimum atomic E-state index is -4.36. The number of nitrogens with zero attached hydrogens (tertiary/aromatic N) is 5. The number of rotatable bonds is 4. The standard InChI is InChI=1S/C15H18F3N5O/c1-11-7-22(13(9-24-11)12-5-3-2-4-6-12)8-14-19-20-21-23(14)10-15(16,17)18/h2-6,11,13H,7-10H2,1H3/t11-,13+/m1/s1. The van der Waals surface area contributed by atoms with Gasteiger partial charge in [0.05, 0.1) is 25.3 Å². The number of benzene rings is 1. The van der Waals surface area contributed by atoms with Crippen molar-refractivity contribution in [2.75, 3.05) is 13.2 Å². The first-order chi connectivity index (χ1) is 11.4. The van der Waals surface area contributed by atoms with Crippen molar-refractivity contribution in [3.8, 4) is 0 Å². The lowest BCUT2D eigenvalue weighted by Crippen LogP contribution is -2.43. The Balaban J connectivity index is 1.80. The molecular formula is C15H18F3N5O. The van der Waals surface area contributed by atoms with E-state index < -0.39 is 12.7 Å². The molecule has 1 aliphatic heterocycles.